The molecule has 372 valence electrons. The lowest BCUT2D eigenvalue weighted by atomic mass is 10.1. The summed E-state index contributed by atoms with van der Waals surface area (Å²) in [7, 11) is 1.57. The summed E-state index contributed by atoms with van der Waals surface area (Å²) >= 11 is 0. The van der Waals surface area contributed by atoms with Crippen LogP contribution in [0.4, 0.5) is 0 Å². The summed E-state index contributed by atoms with van der Waals surface area (Å²) in [5.74, 6) is 0.632. The highest BCUT2D eigenvalue weighted by Crippen LogP contribution is 2.36. The predicted octanol–water partition coefficient (Wildman–Crippen LogP) is 3.11. The SMILES string of the molecule is CCC(=O)NCCOCCOCCOCCOc1ccc(-c2nc(-c3ccc(OC)cc3)nc(-c3ccc(OCCOCCOCCOCCNC(=O)CCN4C(=O)C=CC4=O)cc3O)n2)c(O)c1. The van der Waals surface area contributed by atoms with Crippen LogP contribution in [0.25, 0.3) is 34.2 Å². The van der Waals surface area contributed by atoms with Crippen molar-refractivity contribution in [3.63, 3.8) is 0 Å². The Morgan fingerprint density at radius 2 is 0.942 bits per heavy atom. The second-order valence-electron chi connectivity index (χ2n) is 14.7. The molecule has 1 aromatic heterocycles. The van der Waals surface area contributed by atoms with E-state index in [0.29, 0.717) is 119 Å². The number of rotatable bonds is 34. The largest absolute Gasteiger partial charge is 0.507 e. The first-order valence-electron chi connectivity index (χ1n) is 22.5. The number of phenols is 2. The van der Waals surface area contributed by atoms with E-state index in [4.69, 9.17) is 42.6 Å². The van der Waals surface area contributed by atoms with Gasteiger partial charge in [0.1, 0.15) is 42.0 Å². The number of carbonyl (C=O) groups is 4. The molecule has 0 unspecified atom stereocenters. The summed E-state index contributed by atoms with van der Waals surface area (Å²) in [5, 5.41) is 27.7. The molecule has 1 aliphatic heterocycles. The van der Waals surface area contributed by atoms with E-state index in [1.807, 2.05) is 0 Å². The molecule has 4 N–H and O–H groups in total. The van der Waals surface area contributed by atoms with Crippen LogP contribution in [0.5, 0.6) is 28.7 Å². The Morgan fingerprint density at radius 1 is 0.536 bits per heavy atom. The predicted molar refractivity (Wildman–Crippen MR) is 249 cm³/mol. The average Bonchev–Trinajstić information content (AvgIpc) is 3.68. The van der Waals surface area contributed by atoms with Crippen LogP contribution in [0.1, 0.15) is 19.8 Å². The molecule has 21 nitrogen and oxygen atoms in total. The number of nitrogens with one attached hydrogen (secondary N) is 2. The molecule has 0 radical (unpaired) electrons. The number of hydrogen-bond donors (Lipinski definition) is 4. The van der Waals surface area contributed by atoms with Crippen molar-refractivity contribution >= 4 is 23.6 Å². The summed E-state index contributed by atoms with van der Waals surface area (Å²) in [5.41, 5.74) is 1.26. The third-order valence-electron chi connectivity index (χ3n) is 9.81. The molecule has 2 heterocycles. The Morgan fingerprint density at radius 3 is 1.38 bits per heavy atom. The molecule has 5 rings (SSSR count). The van der Waals surface area contributed by atoms with Crippen LogP contribution < -0.4 is 24.8 Å². The van der Waals surface area contributed by atoms with Crippen molar-refractivity contribution in [2.75, 3.05) is 119 Å². The zero-order chi connectivity index (χ0) is 49.1. The maximum absolute atomic E-state index is 11.9. The maximum Gasteiger partial charge on any atom is 0.253 e. The smallest absolute Gasteiger partial charge is 0.253 e. The fourth-order valence-corrected chi connectivity index (χ4v) is 6.19. The summed E-state index contributed by atoms with van der Waals surface area (Å²) < 4.78 is 50.0. The molecular weight excluding hydrogens is 901 g/mol. The van der Waals surface area contributed by atoms with E-state index >= 15 is 0 Å². The van der Waals surface area contributed by atoms with Crippen LogP contribution >= 0.6 is 0 Å². The monoisotopic (exact) mass is 960 g/mol. The summed E-state index contributed by atoms with van der Waals surface area (Å²) in [6.07, 6.45) is 2.82. The van der Waals surface area contributed by atoms with Gasteiger partial charge in [-0.3, -0.25) is 24.1 Å². The van der Waals surface area contributed by atoms with Crippen molar-refractivity contribution in [2.24, 2.45) is 0 Å². The molecule has 0 atom stereocenters. The van der Waals surface area contributed by atoms with E-state index in [1.54, 1.807) is 62.6 Å². The van der Waals surface area contributed by atoms with Gasteiger partial charge in [-0.1, -0.05) is 6.92 Å². The zero-order valence-corrected chi connectivity index (χ0v) is 38.9. The normalized spacial score (nSPS) is 12.1. The van der Waals surface area contributed by atoms with Gasteiger partial charge < -0.3 is 63.5 Å². The number of aromatic nitrogens is 3. The van der Waals surface area contributed by atoms with Gasteiger partial charge in [-0.2, -0.15) is 0 Å². The lowest BCUT2D eigenvalue weighted by molar-refractivity contribution is -0.137. The van der Waals surface area contributed by atoms with E-state index < -0.39 is 11.8 Å². The van der Waals surface area contributed by atoms with Crippen molar-refractivity contribution < 1.29 is 72.0 Å². The first-order chi connectivity index (χ1) is 33.6. The van der Waals surface area contributed by atoms with Crippen LogP contribution in [0.15, 0.2) is 72.8 Å². The van der Waals surface area contributed by atoms with Gasteiger partial charge >= 0.3 is 0 Å². The van der Waals surface area contributed by atoms with E-state index in [2.05, 4.69) is 25.6 Å². The molecule has 0 fully saturated rings. The Bertz CT molecular complexity index is 2260. The van der Waals surface area contributed by atoms with Gasteiger partial charge in [0.15, 0.2) is 17.5 Å². The van der Waals surface area contributed by atoms with Crippen LogP contribution in [0, 0.1) is 0 Å². The van der Waals surface area contributed by atoms with E-state index in [0.717, 1.165) is 4.90 Å². The Kier molecular flexibility index (Phi) is 23.0. The van der Waals surface area contributed by atoms with Crippen LogP contribution in [0.2, 0.25) is 0 Å². The lowest BCUT2D eigenvalue weighted by Crippen LogP contribution is -2.35. The minimum absolute atomic E-state index is 0.0121. The van der Waals surface area contributed by atoms with Gasteiger partial charge in [-0.05, 0) is 48.5 Å². The van der Waals surface area contributed by atoms with Gasteiger partial charge in [-0.15, -0.1) is 0 Å². The van der Waals surface area contributed by atoms with E-state index in [9.17, 15) is 29.4 Å². The number of aromatic hydroxyl groups is 2. The minimum Gasteiger partial charge on any atom is -0.507 e. The maximum atomic E-state index is 11.9. The fourth-order valence-electron chi connectivity index (χ4n) is 6.19. The average molecular weight is 961 g/mol. The molecule has 0 aliphatic carbocycles. The number of methoxy groups -OCH3 is 1. The molecule has 4 aromatic rings. The third-order valence-corrected chi connectivity index (χ3v) is 9.81. The van der Waals surface area contributed by atoms with Gasteiger partial charge in [0.2, 0.25) is 11.8 Å². The Balaban J connectivity index is 1.02. The molecule has 0 bridgehead atoms. The molecule has 0 saturated heterocycles. The van der Waals surface area contributed by atoms with Crippen LogP contribution in [-0.4, -0.2) is 173 Å². The number of hydrogen-bond acceptors (Lipinski definition) is 18. The molecule has 1 aliphatic rings. The second-order valence-corrected chi connectivity index (χ2v) is 14.7. The highest BCUT2D eigenvalue weighted by atomic mass is 16.6. The standard InChI is InChI=1S/C48H60N6O15/c1-3-42(57)49-15-18-62-20-22-64-24-26-66-28-30-68-36-8-10-38(40(55)32-36)47-51-46(34-4-6-35(61-2)7-5-34)52-48(53-47)39-11-9-37(33-41(39)56)69-31-29-67-27-25-65-23-21-63-19-16-50-43(58)14-17-54-44(59)12-13-45(54)60/h4-13,32-33,55-56H,3,14-31H2,1-2H3,(H,49,57)(H,50,58). The first kappa shape index (κ1) is 53.2. The van der Waals surface area contributed by atoms with Crippen molar-refractivity contribution in [2.45, 2.75) is 19.8 Å². The Hall–Kier alpha value is -6.75. The lowest BCUT2D eigenvalue weighted by Gasteiger charge is -2.13. The summed E-state index contributed by atoms with van der Waals surface area (Å²) in [6.45, 7) is 7.12. The number of amides is 4. The van der Waals surface area contributed by atoms with Crippen molar-refractivity contribution in [3.8, 4) is 62.9 Å². The quantitative estimate of drug-likeness (QED) is 0.0387. The highest BCUT2D eigenvalue weighted by Gasteiger charge is 2.23. The first-order valence-corrected chi connectivity index (χ1v) is 22.5. The second kappa shape index (κ2) is 29.9. The zero-order valence-electron chi connectivity index (χ0n) is 38.9. The number of imide groups is 1. The van der Waals surface area contributed by atoms with Gasteiger partial charge in [0.25, 0.3) is 11.8 Å². The van der Waals surface area contributed by atoms with Crippen molar-refractivity contribution in [1.82, 2.24) is 30.5 Å². The van der Waals surface area contributed by atoms with E-state index in [1.165, 1.54) is 24.3 Å². The summed E-state index contributed by atoms with van der Waals surface area (Å²) in [4.78, 5) is 61.3. The molecule has 0 saturated carbocycles. The number of ether oxygens (including phenoxy) is 9. The highest BCUT2D eigenvalue weighted by molar-refractivity contribution is 6.13. The number of nitrogens with zero attached hydrogens (tertiary/aromatic N) is 4. The molecule has 21 heteroatoms. The van der Waals surface area contributed by atoms with Crippen molar-refractivity contribution in [1.29, 1.82) is 0 Å². The molecular formula is C48H60N6O15. The number of carbonyl (C=O) groups excluding carboxylic acids is 4. The van der Waals surface area contributed by atoms with Crippen LogP contribution in [-0.2, 0) is 47.6 Å². The molecule has 69 heavy (non-hydrogen) atoms. The van der Waals surface area contributed by atoms with Gasteiger partial charge in [0.05, 0.1) is 97.5 Å². The topological polar surface area (TPSA) is 258 Å². The molecule has 4 amide bonds. The van der Waals surface area contributed by atoms with Gasteiger partial charge in [-0.25, -0.2) is 15.0 Å². The number of phenolic OH excluding ortho intramolecular Hbond substituents is 2. The van der Waals surface area contributed by atoms with Crippen LogP contribution in [0.3, 0.4) is 0 Å². The third kappa shape index (κ3) is 18.7. The fraction of sp³-hybridized carbons (Fsp3) is 0.438. The van der Waals surface area contributed by atoms with E-state index in [-0.39, 0.29) is 80.9 Å². The Labute approximate surface area is 400 Å². The summed E-state index contributed by atoms with van der Waals surface area (Å²) in [6, 6.07) is 16.7. The molecule has 3 aromatic carbocycles. The minimum atomic E-state index is -0.421. The number of benzene rings is 3. The molecule has 0 spiro atoms. The van der Waals surface area contributed by atoms with Gasteiger partial charge in [0, 0.05) is 62.3 Å². The van der Waals surface area contributed by atoms with Crippen molar-refractivity contribution in [3.05, 3.63) is 72.8 Å².